The molecule has 22 heavy (non-hydrogen) atoms. The molecule has 0 aromatic heterocycles. The first-order chi connectivity index (χ1) is 10.4. The maximum atomic E-state index is 12.8. The van der Waals surface area contributed by atoms with Crippen molar-refractivity contribution in [2.24, 2.45) is 0 Å². The molecule has 0 saturated carbocycles. The highest BCUT2D eigenvalue weighted by atomic mass is 19.4. The third-order valence-electron chi connectivity index (χ3n) is 3.33. The van der Waals surface area contributed by atoms with Crippen LogP contribution in [-0.4, -0.2) is 19.1 Å². The summed E-state index contributed by atoms with van der Waals surface area (Å²) in [5, 5.41) is 0. The lowest BCUT2D eigenvalue weighted by atomic mass is 9.88. The van der Waals surface area contributed by atoms with Gasteiger partial charge in [0.25, 0.3) is 0 Å². The van der Waals surface area contributed by atoms with Crippen molar-refractivity contribution in [3.63, 3.8) is 0 Å². The number of carbonyl (C=O) groups is 1. The highest BCUT2D eigenvalue weighted by Gasteiger charge is 2.36. The first-order valence-electron chi connectivity index (χ1n) is 6.70. The van der Waals surface area contributed by atoms with Crippen LogP contribution in [0.4, 0.5) is 13.2 Å². The first kappa shape index (κ1) is 16.1. The van der Waals surface area contributed by atoms with Crippen LogP contribution in [-0.2, 0) is 0 Å². The minimum absolute atomic E-state index is 0.235. The molecule has 5 heteroatoms. The molecule has 1 atom stereocenters. The molecule has 2 aromatic carbocycles. The third-order valence-corrected chi connectivity index (χ3v) is 3.33. The van der Waals surface area contributed by atoms with E-state index in [0.29, 0.717) is 11.3 Å². The van der Waals surface area contributed by atoms with Gasteiger partial charge in [0, 0.05) is 5.56 Å². The Morgan fingerprint density at radius 3 is 2.14 bits per heavy atom. The Hall–Kier alpha value is -2.30. The predicted molar refractivity (Wildman–Crippen MR) is 77.2 cm³/mol. The topological polar surface area (TPSA) is 26.3 Å². The Balaban J connectivity index is 2.33. The van der Waals surface area contributed by atoms with Gasteiger partial charge in [-0.05, 0) is 29.8 Å². The minimum atomic E-state index is -4.41. The van der Waals surface area contributed by atoms with Gasteiger partial charge in [-0.3, -0.25) is 4.79 Å². The fourth-order valence-electron chi connectivity index (χ4n) is 2.24. The predicted octanol–water partition coefficient (Wildman–Crippen LogP) is 4.61. The average molecular weight is 308 g/mol. The molecule has 0 radical (unpaired) electrons. The van der Waals surface area contributed by atoms with E-state index >= 15 is 0 Å². The zero-order valence-corrected chi connectivity index (χ0v) is 11.9. The fourth-order valence-corrected chi connectivity index (χ4v) is 2.24. The van der Waals surface area contributed by atoms with E-state index < -0.39 is 24.3 Å². The van der Waals surface area contributed by atoms with Gasteiger partial charge in [0.15, 0.2) is 5.78 Å². The number of ether oxygens (including phenoxy) is 1. The van der Waals surface area contributed by atoms with Gasteiger partial charge in [-0.15, -0.1) is 0 Å². The quantitative estimate of drug-likeness (QED) is 0.754. The van der Waals surface area contributed by atoms with Crippen LogP contribution >= 0.6 is 0 Å². The minimum Gasteiger partial charge on any atom is -0.497 e. The maximum Gasteiger partial charge on any atom is 0.390 e. The van der Waals surface area contributed by atoms with Crippen molar-refractivity contribution in [3.8, 4) is 5.75 Å². The summed E-state index contributed by atoms with van der Waals surface area (Å²) in [7, 11) is 1.48. The van der Waals surface area contributed by atoms with Gasteiger partial charge in [-0.1, -0.05) is 30.3 Å². The number of ketones is 1. The summed E-state index contributed by atoms with van der Waals surface area (Å²) in [5.74, 6) is -1.25. The Morgan fingerprint density at radius 2 is 1.64 bits per heavy atom. The van der Waals surface area contributed by atoms with Gasteiger partial charge in [0.05, 0.1) is 19.4 Å². The summed E-state index contributed by atoms with van der Waals surface area (Å²) in [6.07, 6.45) is -5.59. The van der Waals surface area contributed by atoms with Crippen molar-refractivity contribution in [3.05, 3.63) is 65.7 Å². The van der Waals surface area contributed by atoms with Gasteiger partial charge in [0.2, 0.25) is 0 Å². The van der Waals surface area contributed by atoms with E-state index in [2.05, 4.69) is 0 Å². The van der Waals surface area contributed by atoms with Crippen LogP contribution in [0.25, 0.3) is 0 Å². The number of Topliss-reactive ketones (excluding diaryl/α,β-unsaturated/α-hetero) is 1. The number of halogens is 3. The van der Waals surface area contributed by atoms with Crippen molar-refractivity contribution < 1.29 is 22.7 Å². The normalized spacial score (nSPS) is 12.7. The zero-order chi connectivity index (χ0) is 16.2. The second kappa shape index (κ2) is 6.64. The summed E-state index contributed by atoms with van der Waals surface area (Å²) in [5.41, 5.74) is 0.597. The number of rotatable bonds is 5. The number of carbonyl (C=O) groups excluding carboxylic acids is 1. The van der Waals surface area contributed by atoms with Crippen LogP contribution < -0.4 is 4.74 Å². The second-order valence-electron chi connectivity index (χ2n) is 4.88. The molecule has 2 rings (SSSR count). The molecule has 0 N–H and O–H groups in total. The third kappa shape index (κ3) is 4.10. The van der Waals surface area contributed by atoms with E-state index in [9.17, 15) is 18.0 Å². The SMILES string of the molecule is COc1ccc(C(=O)[C@H](CC(F)(F)F)c2ccccc2)cc1. The van der Waals surface area contributed by atoms with Crippen LogP contribution in [0, 0.1) is 0 Å². The van der Waals surface area contributed by atoms with Crippen molar-refractivity contribution in [1.29, 1.82) is 0 Å². The lowest BCUT2D eigenvalue weighted by Gasteiger charge is -2.18. The van der Waals surface area contributed by atoms with Crippen LogP contribution in [0.5, 0.6) is 5.75 Å². The van der Waals surface area contributed by atoms with Crippen molar-refractivity contribution in [2.45, 2.75) is 18.5 Å². The molecule has 0 unspecified atom stereocenters. The smallest absolute Gasteiger partial charge is 0.390 e. The Labute approximate surface area is 126 Å². The van der Waals surface area contributed by atoms with Crippen molar-refractivity contribution in [2.75, 3.05) is 7.11 Å². The lowest BCUT2D eigenvalue weighted by Crippen LogP contribution is -2.21. The van der Waals surface area contributed by atoms with E-state index in [1.165, 1.54) is 31.4 Å². The van der Waals surface area contributed by atoms with E-state index in [1.54, 1.807) is 30.3 Å². The molecule has 0 spiro atoms. The molecule has 0 fully saturated rings. The summed E-state index contributed by atoms with van der Waals surface area (Å²) in [4.78, 5) is 12.5. The molecule has 0 aliphatic rings. The summed E-state index contributed by atoms with van der Waals surface area (Å²) >= 11 is 0. The Bertz CT molecular complexity index is 619. The molecule has 2 nitrogen and oxygen atoms in total. The Kier molecular flexibility index (Phi) is 4.85. The molecule has 0 aliphatic carbocycles. The van der Waals surface area contributed by atoms with Crippen LogP contribution in [0.15, 0.2) is 54.6 Å². The molecule has 2 aromatic rings. The van der Waals surface area contributed by atoms with Gasteiger partial charge in [-0.2, -0.15) is 13.2 Å². The molecular formula is C17H15F3O2. The van der Waals surface area contributed by atoms with Crippen LogP contribution in [0.3, 0.4) is 0 Å². The van der Waals surface area contributed by atoms with Gasteiger partial charge in [-0.25, -0.2) is 0 Å². The van der Waals surface area contributed by atoms with Crippen LogP contribution in [0.2, 0.25) is 0 Å². The molecule has 0 heterocycles. The van der Waals surface area contributed by atoms with Crippen molar-refractivity contribution >= 4 is 5.78 Å². The van der Waals surface area contributed by atoms with Gasteiger partial charge >= 0.3 is 6.18 Å². The summed E-state index contributed by atoms with van der Waals surface area (Å²) < 4.78 is 43.4. The molecule has 0 amide bonds. The highest BCUT2D eigenvalue weighted by Crippen LogP contribution is 2.33. The van der Waals surface area contributed by atoms with E-state index in [-0.39, 0.29) is 5.56 Å². The first-order valence-corrected chi connectivity index (χ1v) is 6.70. The zero-order valence-electron chi connectivity index (χ0n) is 11.9. The van der Waals surface area contributed by atoms with Gasteiger partial charge in [0.1, 0.15) is 5.75 Å². The van der Waals surface area contributed by atoms with E-state index in [0.717, 1.165) is 0 Å². The molecule has 0 saturated heterocycles. The lowest BCUT2D eigenvalue weighted by molar-refractivity contribution is -0.136. The van der Waals surface area contributed by atoms with Crippen LogP contribution in [0.1, 0.15) is 28.3 Å². The van der Waals surface area contributed by atoms with E-state index in [1.807, 2.05) is 0 Å². The monoisotopic (exact) mass is 308 g/mol. The maximum absolute atomic E-state index is 12.8. The molecule has 0 bridgehead atoms. The number of benzene rings is 2. The largest absolute Gasteiger partial charge is 0.497 e. The number of methoxy groups -OCH3 is 1. The summed E-state index contributed by atoms with van der Waals surface area (Å²) in [6, 6.07) is 14.1. The second-order valence-corrected chi connectivity index (χ2v) is 4.88. The fraction of sp³-hybridized carbons (Fsp3) is 0.235. The Morgan fingerprint density at radius 1 is 1.05 bits per heavy atom. The molecule has 116 valence electrons. The summed E-state index contributed by atoms with van der Waals surface area (Å²) in [6.45, 7) is 0. The number of hydrogen-bond acceptors (Lipinski definition) is 2. The highest BCUT2D eigenvalue weighted by molar-refractivity contribution is 6.01. The number of hydrogen-bond donors (Lipinski definition) is 0. The van der Waals surface area contributed by atoms with Gasteiger partial charge < -0.3 is 4.74 Å². The average Bonchev–Trinajstić information content (AvgIpc) is 2.52. The van der Waals surface area contributed by atoms with E-state index in [4.69, 9.17) is 4.74 Å². The standard InChI is InChI=1S/C17H15F3O2/c1-22-14-9-7-13(8-10-14)16(21)15(11-17(18,19)20)12-5-3-2-4-6-12/h2-10,15H,11H2,1H3/t15-/m1/s1. The molecule has 0 aliphatic heterocycles. The number of alkyl halides is 3. The molecular weight excluding hydrogens is 293 g/mol. The van der Waals surface area contributed by atoms with Crippen molar-refractivity contribution in [1.82, 2.24) is 0 Å².